The molecule has 104 valence electrons. The second-order valence-electron chi connectivity index (χ2n) is 4.88. The maximum Gasteiger partial charge on any atom is 0.314 e. The molecule has 0 bridgehead atoms. The lowest BCUT2D eigenvalue weighted by molar-refractivity contribution is -0.137. The van der Waals surface area contributed by atoms with Crippen molar-refractivity contribution in [3.63, 3.8) is 0 Å². The molecular formula is C18H15NO2. The van der Waals surface area contributed by atoms with Crippen molar-refractivity contribution in [2.24, 2.45) is 0 Å². The summed E-state index contributed by atoms with van der Waals surface area (Å²) in [6, 6.07) is 17.5. The fourth-order valence-corrected chi connectivity index (χ4v) is 2.66. The number of fused-ring (bicyclic) bond motifs is 1. The third-order valence-corrected chi connectivity index (χ3v) is 3.62. The van der Waals surface area contributed by atoms with Crippen LogP contribution in [0.2, 0.25) is 0 Å². The molecule has 0 amide bonds. The molecule has 1 atom stereocenters. The highest BCUT2D eigenvalue weighted by molar-refractivity contribution is 5.96. The van der Waals surface area contributed by atoms with E-state index in [0.717, 1.165) is 27.7 Å². The van der Waals surface area contributed by atoms with E-state index < -0.39 is 11.9 Å². The van der Waals surface area contributed by atoms with E-state index in [9.17, 15) is 9.90 Å². The monoisotopic (exact) mass is 277 g/mol. The number of benzene rings is 2. The van der Waals surface area contributed by atoms with Crippen molar-refractivity contribution in [2.75, 3.05) is 0 Å². The summed E-state index contributed by atoms with van der Waals surface area (Å²) in [7, 11) is 0. The Hall–Kier alpha value is -2.81. The van der Waals surface area contributed by atoms with Crippen molar-refractivity contribution in [1.82, 2.24) is 4.98 Å². The molecule has 0 spiro atoms. The minimum atomic E-state index is -0.896. The molecular weight excluding hydrogens is 262 g/mol. The number of carboxylic acids is 1. The number of nitrogens with one attached hydrogen (secondary N) is 1. The number of carbonyl (C=O) groups is 1. The third-order valence-electron chi connectivity index (χ3n) is 3.62. The topological polar surface area (TPSA) is 53.1 Å². The molecule has 1 heterocycles. The van der Waals surface area contributed by atoms with Crippen molar-refractivity contribution in [3.8, 4) is 11.3 Å². The SMILES string of the molecule is C=CC(C(=O)O)c1c(-c2ccccc2)[nH]c2ccccc12. The molecule has 3 aromatic rings. The number of hydrogen-bond donors (Lipinski definition) is 2. The minimum Gasteiger partial charge on any atom is -0.481 e. The zero-order chi connectivity index (χ0) is 14.8. The Bertz CT molecular complexity index is 802. The van der Waals surface area contributed by atoms with Gasteiger partial charge in [-0.3, -0.25) is 4.79 Å². The first kappa shape index (κ1) is 13.2. The van der Waals surface area contributed by atoms with Crippen LogP contribution in [0.1, 0.15) is 11.5 Å². The molecule has 3 heteroatoms. The molecule has 1 aromatic heterocycles. The molecule has 0 radical (unpaired) electrons. The quantitative estimate of drug-likeness (QED) is 0.702. The Morgan fingerprint density at radius 2 is 1.76 bits per heavy atom. The van der Waals surface area contributed by atoms with Crippen LogP contribution in [0.15, 0.2) is 67.3 Å². The Kier molecular flexibility index (Phi) is 3.32. The van der Waals surface area contributed by atoms with Gasteiger partial charge in [-0.15, -0.1) is 6.58 Å². The maximum atomic E-state index is 11.6. The number of aromatic amines is 1. The van der Waals surface area contributed by atoms with E-state index in [1.807, 2.05) is 54.6 Å². The smallest absolute Gasteiger partial charge is 0.314 e. The highest BCUT2D eigenvalue weighted by Gasteiger charge is 2.24. The van der Waals surface area contributed by atoms with Gasteiger partial charge in [0.15, 0.2) is 0 Å². The lowest BCUT2D eigenvalue weighted by Gasteiger charge is -2.10. The van der Waals surface area contributed by atoms with Gasteiger partial charge in [0.1, 0.15) is 5.92 Å². The number of carboxylic acid groups (broad SMARTS) is 1. The number of aliphatic carboxylic acids is 1. The predicted molar refractivity (Wildman–Crippen MR) is 84.3 cm³/mol. The molecule has 0 saturated heterocycles. The summed E-state index contributed by atoms with van der Waals surface area (Å²) >= 11 is 0. The Balaban J connectivity index is 2.34. The van der Waals surface area contributed by atoms with Gasteiger partial charge in [0, 0.05) is 16.5 Å². The standard InChI is InChI=1S/C18H15NO2/c1-2-13(18(20)21)16-14-10-6-7-11-15(14)19-17(16)12-8-4-3-5-9-12/h2-11,13,19H,1H2,(H,20,21). The van der Waals surface area contributed by atoms with E-state index >= 15 is 0 Å². The normalized spacial score (nSPS) is 12.2. The summed E-state index contributed by atoms with van der Waals surface area (Å²) in [6.07, 6.45) is 1.48. The van der Waals surface area contributed by atoms with E-state index in [2.05, 4.69) is 11.6 Å². The van der Waals surface area contributed by atoms with Crippen LogP contribution in [0, 0.1) is 0 Å². The van der Waals surface area contributed by atoms with Crippen LogP contribution < -0.4 is 0 Å². The van der Waals surface area contributed by atoms with Gasteiger partial charge in [-0.25, -0.2) is 0 Å². The number of aromatic nitrogens is 1. The maximum absolute atomic E-state index is 11.6. The molecule has 3 nitrogen and oxygen atoms in total. The van der Waals surface area contributed by atoms with Crippen LogP contribution in [0.25, 0.3) is 22.2 Å². The van der Waals surface area contributed by atoms with Crippen molar-refractivity contribution < 1.29 is 9.90 Å². The molecule has 2 N–H and O–H groups in total. The van der Waals surface area contributed by atoms with Gasteiger partial charge >= 0.3 is 5.97 Å². The second-order valence-corrected chi connectivity index (χ2v) is 4.88. The van der Waals surface area contributed by atoms with Crippen LogP contribution >= 0.6 is 0 Å². The molecule has 0 aliphatic rings. The van der Waals surface area contributed by atoms with Crippen molar-refractivity contribution in [2.45, 2.75) is 5.92 Å². The highest BCUT2D eigenvalue weighted by atomic mass is 16.4. The van der Waals surface area contributed by atoms with Gasteiger partial charge in [-0.1, -0.05) is 54.6 Å². The number of para-hydroxylation sites is 1. The average Bonchev–Trinajstić information content (AvgIpc) is 2.88. The highest BCUT2D eigenvalue weighted by Crippen LogP contribution is 2.36. The number of H-pyrrole nitrogens is 1. The summed E-state index contributed by atoms with van der Waals surface area (Å²) in [5.74, 6) is -1.64. The zero-order valence-corrected chi connectivity index (χ0v) is 11.4. The lowest BCUT2D eigenvalue weighted by atomic mass is 9.93. The van der Waals surface area contributed by atoms with Gasteiger partial charge < -0.3 is 10.1 Å². The molecule has 21 heavy (non-hydrogen) atoms. The summed E-state index contributed by atoms with van der Waals surface area (Å²) < 4.78 is 0. The summed E-state index contributed by atoms with van der Waals surface area (Å²) in [6.45, 7) is 3.69. The lowest BCUT2D eigenvalue weighted by Crippen LogP contribution is -2.09. The largest absolute Gasteiger partial charge is 0.481 e. The van der Waals surface area contributed by atoms with Crippen LogP contribution in [0.4, 0.5) is 0 Å². The Morgan fingerprint density at radius 1 is 1.10 bits per heavy atom. The summed E-state index contributed by atoms with van der Waals surface area (Å²) in [5.41, 5.74) is 3.50. The molecule has 0 aliphatic carbocycles. The van der Waals surface area contributed by atoms with Gasteiger partial charge in [0.25, 0.3) is 0 Å². The van der Waals surface area contributed by atoms with E-state index in [0.29, 0.717) is 0 Å². The third kappa shape index (κ3) is 2.23. The van der Waals surface area contributed by atoms with Gasteiger partial charge in [0.2, 0.25) is 0 Å². The molecule has 2 aromatic carbocycles. The zero-order valence-electron chi connectivity index (χ0n) is 11.4. The van der Waals surface area contributed by atoms with Crippen molar-refractivity contribution >= 4 is 16.9 Å². The van der Waals surface area contributed by atoms with E-state index in [-0.39, 0.29) is 0 Å². The van der Waals surface area contributed by atoms with Crippen molar-refractivity contribution in [3.05, 3.63) is 72.8 Å². The molecule has 0 fully saturated rings. The van der Waals surface area contributed by atoms with E-state index in [1.165, 1.54) is 6.08 Å². The van der Waals surface area contributed by atoms with E-state index in [1.54, 1.807) is 0 Å². The second kappa shape index (κ2) is 5.29. The van der Waals surface area contributed by atoms with Crippen LogP contribution in [0.5, 0.6) is 0 Å². The molecule has 0 aliphatic heterocycles. The number of hydrogen-bond acceptors (Lipinski definition) is 1. The van der Waals surface area contributed by atoms with Gasteiger partial charge in [-0.2, -0.15) is 0 Å². The molecule has 1 unspecified atom stereocenters. The van der Waals surface area contributed by atoms with Crippen LogP contribution in [-0.2, 0) is 4.79 Å². The number of rotatable bonds is 4. The molecule has 3 rings (SSSR count). The Labute approximate surface area is 122 Å². The fraction of sp³-hybridized carbons (Fsp3) is 0.0556. The van der Waals surface area contributed by atoms with E-state index in [4.69, 9.17) is 0 Å². The predicted octanol–water partition coefficient (Wildman–Crippen LogP) is 4.19. The van der Waals surface area contributed by atoms with Gasteiger partial charge in [-0.05, 0) is 11.6 Å². The van der Waals surface area contributed by atoms with Crippen molar-refractivity contribution in [1.29, 1.82) is 0 Å². The first-order valence-corrected chi connectivity index (χ1v) is 6.73. The van der Waals surface area contributed by atoms with Gasteiger partial charge in [0.05, 0.1) is 5.69 Å². The average molecular weight is 277 g/mol. The molecule has 0 saturated carbocycles. The summed E-state index contributed by atoms with van der Waals surface area (Å²) in [4.78, 5) is 14.9. The van der Waals surface area contributed by atoms with Crippen LogP contribution in [-0.4, -0.2) is 16.1 Å². The fourth-order valence-electron chi connectivity index (χ4n) is 2.66. The van der Waals surface area contributed by atoms with Crippen LogP contribution in [0.3, 0.4) is 0 Å². The minimum absolute atomic E-state index is 0.739. The summed E-state index contributed by atoms with van der Waals surface area (Å²) in [5, 5.41) is 10.4. The Morgan fingerprint density at radius 3 is 2.43 bits per heavy atom. The first-order chi connectivity index (χ1) is 10.2. The first-order valence-electron chi connectivity index (χ1n) is 6.73.